The van der Waals surface area contributed by atoms with Gasteiger partial charge in [-0.2, -0.15) is 0 Å². The van der Waals surface area contributed by atoms with Gasteiger partial charge in [0, 0.05) is 12.8 Å². The molecule has 0 heterocycles. The van der Waals surface area contributed by atoms with Crippen LogP contribution in [0.3, 0.4) is 0 Å². The third-order valence-corrected chi connectivity index (χ3v) is 1.93. The first-order chi connectivity index (χ1) is 6.06. The zero-order chi connectivity index (χ0) is 10.3. The molecule has 0 aromatic heterocycles. The van der Waals surface area contributed by atoms with Crippen LogP contribution in [0, 0.1) is 5.92 Å². The lowest BCUT2D eigenvalue weighted by molar-refractivity contribution is -0.187. The third kappa shape index (κ3) is 4.02. The van der Waals surface area contributed by atoms with E-state index in [9.17, 15) is 0 Å². The molecule has 0 unspecified atom stereocenters. The first-order valence-electron chi connectivity index (χ1n) is 4.64. The molecule has 0 N–H and O–H groups in total. The quantitative estimate of drug-likeness (QED) is 0.481. The summed E-state index contributed by atoms with van der Waals surface area (Å²) in [6, 6.07) is 0. The van der Waals surface area contributed by atoms with Crippen molar-refractivity contribution in [1.29, 1.82) is 0 Å². The van der Waals surface area contributed by atoms with E-state index in [0.29, 0.717) is 5.92 Å². The van der Waals surface area contributed by atoms with Gasteiger partial charge in [-0.1, -0.05) is 26.0 Å². The molecule has 2 heteroatoms. The van der Waals surface area contributed by atoms with Crippen molar-refractivity contribution in [3.8, 4) is 0 Å². The van der Waals surface area contributed by atoms with E-state index in [1.165, 1.54) is 0 Å². The van der Waals surface area contributed by atoms with Crippen LogP contribution in [0.25, 0.3) is 0 Å². The van der Waals surface area contributed by atoms with E-state index < -0.39 is 5.79 Å². The summed E-state index contributed by atoms with van der Waals surface area (Å²) in [4.78, 5) is 0. The standard InChI is InChI=1S/C11H20O2/c1-6-8-12-11(5,10(3)4)13-9-7-2/h6-10H,1-5H3/b8-6-,9-7-. The van der Waals surface area contributed by atoms with Crippen LogP contribution in [0.1, 0.15) is 34.6 Å². The Bertz CT molecular complexity index is 167. The van der Waals surface area contributed by atoms with Gasteiger partial charge in [0.05, 0.1) is 12.5 Å². The minimum atomic E-state index is -0.570. The van der Waals surface area contributed by atoms with Crippen LogP contribution >= 0.6 is 0 Å². The Balaban J connectivity index is 4.33. The second-order valence-electron chi connectivity index (χ2n) is 3.35. The molecule has 76 valence electrons. The fraction of sp³-hybridized carbons (Fsp3) is 0.636. The number of rotatable bonds is 5. The van der Waals surface area contributed by atoms with E-state index in [2.05, 4.69) is 13.8 Å². The molecule has 0 spiro atoms. The second-order valence-corrected chi connectivity index (χ2v) is 3.35. The van der Waals surface area contributed by atoms with Crippen LogP contribution in [-0.4, -0.2) is 5.79 Å². The van der Waals surface area contributed by atoms with E-state index in [1.807, 2.05) is 32.9 Å². The Morgan fingerprint density at radius 2 is 1.38 bits per heavy atom. The monoisotopic (exact) mass is 184 g/mol. The molecule has 0 aliphatic heterocycles. The van der Waals surface area contributed by atoms with E-state index in [-0.39, 0.29) is 0 Å². The Hall–Kier alpha value is -0.920. The molecule has 0 bridgehead atoms. The summed E-state index contributed by atoms with van der Waals surface area (Å²) in [5.41, 5.74) is 0. The summed E-state index contributed by atoms with van der Waals surface area (Å²) in [7, 11) is 0. The van der Waals surface area contributed by atoms with Crippen molar-refractivity contribution in [2.24, 2.45) is 5.92 Å². The van der Waals surface area contributed by atoms with Gasteiger partial charge in [-0.05, 0) is 13.8 Å². The Kier molecular flexibility index (Phi) is 5.28. The van der Waals surface area contributed by atoms with Crippen LogP contribution in [0.15, 0.2) is 24.7 Å². The molecule has 0 saturated heterocycles. The van der Waals surface area contributed by atoms with E-state index in [0.717, 1.165) is 0 Å². The van der Waals surface area contributed by atoms with Gasteiger partial charge >= 0.3 is 0 Å². The van der Waals surface area contributed by atoms with Crippen molar-refractivity contribution in [3.05, 3.63) is 24.7 Å². The molecule has 0 aromatic carbocycles. The van der Waals surface area contributed by atoms with Crippen molar-refractivity contribution in [2.45, 2.75) is 40.4 Å². The highest BCUT2D eigenvalue weighted by Gasteiger charge is 2.30. The molecule has 0 aromatic rings. The molecular weight excluding hydrogens is 164 g/mol. The first kappa shape index (κ1) is 12.1. The number of allylic oxidation sites excluding steroid dienone is 2. The minimum absolute atomic E-state index is 0.292. The van der Waals surface area contributed by atoms with Gasteiger partial charge in [0.15, 0.2) is 0 Å². The summed E-state index contributed by atoms with van der Waals surface area (Å²) in [5.74, 6) is -0.279. The molecule has 0 rings (SSSR count). The Morgan fingerprint density at radius 3 is 1.62 bits per heavy atom. The predicted octanol–water partition coefficient (Wildman–Crippen LogP) is 3.46. The lowest BCUT2D eigenvalue weighted by atomic mass is 10.1. The van der Waals surface area contributed by atoms with Crippen molar-refractivity contribution in [1.82, 2.24) is 0 Å². The van der Waals surface area contributed by atoms with Crippen molar-refractivity contribution in [3.63, 3.8) is 0 Å². The fourth-order valence-corrected chi connectivity index (χ4v) is 0.706. The van der Waals surface area contributed by atoms with Crippen LogP contribution in [-0.2, 0) is 9.47 Å². The molecule has 0 fully saturated rings. The maximum absolute atomic E-state index is 5.49. The molecule has 0 saturated carbocycles. The van der Waals surface area contributed by atoms with E-state index >= 15 is 0 Å². The summed E-state index contributed by atoms with van der Waals surface area (Å²) in [5, 5.41) is 0. The van der Waals surface area contributed by atoms with Gasteiger partial charge in [0.1, 0.15) is 0 Å². The molecular formula is C11H20O2. The molecule has 0 radical (unpaired) electrons. The Morgan fingerprint density at radius 1 is 1.00 bits per heavy atom. The topological polar surface area (TPSA) is 18.5 Å². The third-order valence-electron chi connectivity index (χ3n) is 1.93. The van der Waals surface area contributed by atoms with Gasteiger partial charge in [0.25, 0.3) is 0 Å². The maximum Gasteiger partial charge on any atom is 0.248 e. The number of ether oxygens (including phenoxy) is 2. The highest BCUT2D eigenvalue weighted by atomic mass is 16.7. The molecule has 13 heavy (non-hydrogen) atoms. The van der Waals surface area contributed by atoms with Gasteiger partial charge in [-0.25, -0.2) is 0 Å². The molecule has 0 atom stereocenters. The van der Waals surface area contributed by atoms with Gasteiger partial charge in [-0.3, -0.25) is 0 Å². The molecule has 0 aliphatic carbocycles. The lowest BCUT2D eigenvalue weighted by Gasteiger charge is -2.31. The minimum Gasteiger partial charge on any atom is -0.460 e. The zero-order valence-corrected chi connectivity index (χ0v) is 9.20. The average Bonchev–Trinajstić information content (AvgIpc) is 2.11. The Labute approximate surface area is 81.2 Å². The number of hydrogen-bond donors (Lipinski definition) is 0. The molecule has 0 amide bonds. The van der Waals surface area contributed by atoms with Crippen molar-refractivity contribution in [2.75, 3.05) is 0 Å². The highest BCUT2D eigenvalue weighted by Crippen LogP contribution is 2.23. The van der Waals surface area contributed by atoms with Crippen molar-refractivity contribution < 1.29 is 9.47 Å². The number of hydrogen-bond acceptors (Lipinski definition) is 2. The fourth-order valence-electron chi connectivity index (χ4n) is 0.706. The van der Waals surface area contributed by atoms with Gasteiger partial charge < -0.3 is 9.47 Å². The van der Waals surface area contributed by atoms with Crippen LogP contribution in [0.2, 0.25) is 0 Å². The lowest BCUT2D eigenvalue weighted by Crippen LogP contribution is -2.34. The van der Waals surface area contributed by atoms with Crippen LogP contribution < -0.4 is 0 Å². The largest absolute Gasteiger partial charge is 0.460 e. The van der Waals surface area contributed by atoms with Gasteiger partial charge in [-0.15, -0.1) is 0 Å². The van der Waals surface area contributed by atoms with Crippen LogP contribution in [0.5, 0.6) is 0 Å². The predicted molar refractivity (Wildman–Crippen MR) is 55.0 cm³/mol. The van der Waals surface area contributed by atoms with E-state index in [4.69, 9.17) is 9.47 Å². The first-order valence-corrected chi connectivity index (χ1v) is 4.64. The summed E-state index contributed by atoms with van der Waals surface area (Å²) < 4.78 is 11.0. The second kappa shape index (κ2) is 5.68. The van der Waals surface area contributed by atoms with Crippen molar-refractivity contribution >= 4 is 0 Å². The average molecular weight is 184 g/mol. The molecule has 2 nitrogen and oxygen atoms in total. The smallest absolute Gasteiger partial charge is 0.248 e. The summed E-state index contributed by atoms with van der Waals surface area (Å²) in [6.07, 6.45) is 7.01. The zero-order valence-electron chi connectivity index (χ0n) is 9.20. The maximum atomic E-state index is 5.49. The van der Waals surface area contributed by atoms with E-state index in [1.54, 1.807) is 12.5 Å². The van der Waals surface area contributed by atoms with Crippen LogP contribution in [0.4, 0.5) is 0 Å². The SMILES string of the molecule is C/C=C\OC(C)(O/C=C\C)C(C)C. The normalized spacial score (nSPS) is 13.1. The highest BCUT2D eigenvalue weighted by molar-refractivity contribution is 4.78. The summed E-state index contributed by atoms with van der Waals surface area (Å²) >= 11 is 0. The summed E-state index contributed by atoms with van der Waals surface area (Å²) in [6.45, 7) is 9.88. The van der Waals surface area contributed by atoms with Gasteiger partial charge in [0.2, 0.25) is 5.79 Å². The molecule has 0 aliphatic rings.